The van der Waals surface area contributed by atoms with Gasteiger partial charge in [-0.25, -0.2) is 0 Å². The van der Waals surface area contributed by atoms with Crippen LogP contribution in [0, 0.1) is 11.3 Å². The number of rotatable bonds is 7. The van der Waals surface area contributed by atoms with Crippen molar-refractivity contribution < 1.29 is 9.53 Å². The molecule has 2 aliphatic rings. The summed E-state index contributed by atoms with van der Waals surface area (Å²) in [5, 5.41) is 6.28. The Labute approximate surface area is 123 Å². The van der Waals surface area contributed by atoms with Gasteiger partial charge < -0.3 is 15.4 Å². The Morgan fingerprint density at radius 1 is 1.30 bits per heavy atom. The van der Waals surface area contributed by atoms with Crippen molar-refractivity contribution >= 4 is 5.91 Å². The summed E-state index contributed by atoms with van der Waals surface area (Å²) in [6, 6.07) is 0. The molecule has 1 saturated carbocycles. The van der Waals surface area contributed by atoms with Crippen LogP contribution in [0.25, 0.3) is 0 Å². The van der Waals surface area contributed by atoms with Crippen LogP contribution in [0.4, 0.5) is 0 Å². The van der Waals surface area contributed by atoms with Crippen LogP contribution in [0.5, 0.6) is 0 Å². The molecule has 1 aliphatic carbocycles. The van der Waals surface area contributed by atoms with Crippen molar-refractivity contribution in [1.82, 2.24) is 10.6 Å². The summed E-state index contributed by atoms with van der Waals surface area (Å²) in [5.74, 6) is 0.731. The molecule has 0 radical (unpaired) electrons. The Kier molecular flexibility index (Phi) is 5.08. The van der Waals surface area contributed by atoms with Crippen molar-refractivity contribution in [2.45, 2.75) is 58.5 Å². The quantitative estimate of drug-likeness (QED) is 0.752. The minimum Gasteiger partial charge on any atom is -0.363 e. The number of amides is 1. The van der Waals surface area contributed by atoms with E-state index in [0.717, 1.165) is 19.6 Å². The van der Waals surface area contributed by atoms with E-state index < -0.39 is 0 Å². The molecule has 0 bridgehead atoms. The van der Waals surface area contributed by atoms with E-state index in [1.165, 1.54) is 32.1 Å². The molecule has 1 aliphatic heterocycles. The highest BCUT2D eigenvalue weighted by atomic mass is 16.5. The Morgan fingerprint density at radius 3 is 2.45 bits per heavy atom. The van der Waals surface area contributed by atoms with Crippen molar-refractivity contribution in [3.63, 3.8) is 0 Å². The molecule has 2 fully saturated rings. The highest BCUT2D eigenvalue weighted by Crippen LogP contribution is 2.42. The molecule has 20 heavy (non-hydrogen) atoms. The third-order valence-electron chi connectivity index (χ3n) is 4.72. The van der Waals surface area contributed by atoms with Crippen molar-refractivity contribution in [1.29, 1.82) is 0 Å². The summed E-state index contributed by atoms with van der Waals surface area (Å²) in [7, 11) is 0. The first-order valence-corrected chi connectivity index (χ1v) is 8.05. The third kappa shape index (κ3) is 4.19. The molecule has 4 nitrogen and oxygen atoms in total. The molecule has 116 valence electrons. The van der Waals surface area contributed by atoms with Crippen LogP contribution in [-0.4, -0.2) is 37.7 Å². The molecule has 0 aromatic carbocycles. The van der Waals surface area contributed by atoms with Crippen LogP contribution in [0.15, 0.2) is 0 Å². The second-order valence-electron chi connectivity index (χ2n) is 7.42. The number of hydrogen-bond acceptors (Lipinski definition) is 3. The SMILES string of the molecule is CC(C)CC1(CNC(=O)COC2(C)CNC2)CCCC1. The van der Waals surface area contributed by atoms with Gasteiger partial charge in [0.25, 0.3) is 0 Å². The molecule has 4 heteroatoms. The van der Waals surface area contributed by atoms with Gasteiger partial charge in [0, 0.05) is 19.6 Å². The van der Waals surface area contributed by atoms with Gasteiger partial charge in [-0.3, -0.25) is 4.79 Å². The molecule has 0 atom stereocenters. The molecule has 0 aromatic heterocycles. The molecule has 2 rings (SSSR count). The number of hydrogen-bond donors (Lipinski definition) is 2. The lowest BCUT2D eigenvalue weighted by molar-refractivity contribution is -0.136. The zero-order valence-electron chi connectivity index (χ0n) is 13.3. The van der Waals surface area contributed by atoms with Crippen LogP contribution >= 0.6 is 0 Å². The van der Waals surface area contributed by atoms with Crippen molar-refractivity contribution in [2.75, 3.05) is 26.2 Å². The van der Waals surface area contributed by atoms with Crippen LogP contribution < -0.4 is 10.6 Å². The largest absolute Gasteiger partial charge is 0.363 e. The van der Waals surface area contributed by atoms with E-state index in [9.17, 15) is 4.79 Å². The van der Waals surface area contributed by atoms with Crippen LogP contribution in [0.1, 0.15) is 52.9 Å². The van der Waals surface area contributed by atoms with Gasteiger partial charge in [-0.2, -0.15) is 0 Å². The average molecular weight is 282 g/mol. The normalized spacial score (nSPS) is 23.6. The molecule has 0 aromatic rings. The van der Waals surface area contributed by atoms with Gasteiger partial charge in [0.05, 0.1) is 5.60 Å². The maximum Gasteiger partial charge on any atom is 0.246 e. The van der Waals surface area contributed by atoms with Gasteiger partial charge in [-0.05, 0) is 37.5 Å². The molecule has 0 unspecified atom stereocenters. The van der Waals surface area contributed by atoms with Crippen LogP contribution in [0.3, 0.4) is 0 Å². The second kappa shape index (κ2) is 6.44. The fraction of sp³-hybridized carbons (Fsp3) is 0.938. The lowest BCUT2D eigenvalue weighted by Gasteiger charge is -2.39. The minimum absolute atomic E-state index is 0.0353. The maximum absolute atomic E-state index is 12.0. The Hall–Kier alpha value is -0.610. The van der Waals surface area contributed by atoms with Gasteiger partial charge >= 0.3 is 0 Å². The van der Waals surface area contributed by atoms with Crippen molar-refractivity contribution in [3.8, 4) is 0 Å². The first-order valence-electron chi connectivity index (χ1n) is 8.05. The molecule has 1 amide bonds. The molecular weight excluding hydrogens is 252 g/mol. The van der Waals surface area contributed by atoms with E-state index >= 15 is 0 Å². The fourth-order valence-electron chi connectivity index (χ4n) is 3.60. The van der Waals surface area contributed by atoms with E-state index in [2.05, 4.69) is 24.5 Å². The monoisotopic (exact) mass is 282 g/mol. The van der Waals surface area contributed by atoms with Gasteiger partial charge in [0.1, 0.15) is 6.61 Å². The number of carbonyl (C=O) groups is 1. The Bertz CT molecular complexity index is 331. The fourth-order valence-corrected chi connectivity index (χ4v) is 3.60. The summed E-state index contributed by atoms with van der Waals surface area (Å²) in [6.45, 7) is 9.30. The first-order chi connectivity index (χ1) is 9.43. The highest BCUT2D eigenvalue weighted by Gasteiger charge is 2.35. The van der Waals surface area contributed by atoms with Crippen molar-refractivity contribution in [3.05, 3.63) is 0 Å². The van der Waals surface area contributed by atoms with E-state index in [4.69, 9.17) is 4.74 Å². The molecular formula is C16H30N2O2. The lowest BCUT2D eigenvalue weighted by Crippen LogP contribution is -2.59. The number of ether oxygens (including phenoxy) is 1. The Balaban J connectivity index is 1.73. The predicted molar refractivity (Wildman–Crippen MR) is 80.6 cm³/mol. The number of carbonyl (C=O) groups excluding carboxylic acids is 1. The predicted octanol–water partition coefficient (Wildman–Crippen LogP) is 2.09. The standard InChI is InChI=1S/C16H30N2O2/c1-13(2)8-16(6-4-5-7-16)12-18-14(19)9-20-15(3)10-17-11-15/h13,17H,4-12H2,1-3H3,(H,18,19). The van der Waals surface area contributed by atoms with Crippen LogP contribution in [-0.2, 0) is 9.53 Å². The zero-order valence-corrected chi connectivity index (χ0v) is 13.3. The Morgan fingerprint density at radius 2 is 1.95 bits per heavy atom. The van der Waals surface area contributed by atoms with Gasteiger partial charge in [-0.15, -0.1) is 0 Å². The van der Waals surface area contributed by atoms with E-state index in [0.29, 0.717) is 11.3 Å². The van der Waals surface area contributed by atoms with Gasteiger partial charge in [0.2, 0.25) is 5.91 Å². The van der Waals surface area contributed by atoms with Gasteiger partial charge in [0.15, 0.2) is 0 Å². The third-order valence-corrected chi connectivity index (χ3v) is 4.72. The molecule has 2 N–H and O–H groups in total. The molecule has 1 heterocycles. The number of nitrogens with one attached hydrogen (secondary N) is 2. The average Bonchev–Trinajstić information content (AvgIpc) is 2.79. The molecule has 1 saturated heterocycles. The summed E-state index contributed by atoms with van der Waals surface area (Å²) >= 11 is 0. The van der Waals surface area contributed by atoms with E-state index in [1.54, 1.807) is 0 Å². The smallest absolute Gasteiger partial charge is 0.246 e. The summed E-state index contributed by atoms with van der Waals surface area (Å²) in [6.07, 6.45) is 6.35. The topological polar surface area (TPSA) is 50.4 Å². The minimum atomic E-state index is -0.139. The zero-order chi connectivity index (χ0) is 14.6. The van der Waals surface area contributed by atoms with Crippen molar-refractivity contribution in [2.24, 2.45) is 11.3 Å². The highest BCUT2D eigenvalue weighted by molar-refractivity contribution is 5.77. The summed E-state index contributed by atoms with van der Waals surface area (Å²) in [4.78, 5) is 12.0. The molecule has 0 spiro atoms. The first kappa shape index (κ1) is 15.8. The van der Waals surface area contributed by atoms with Gasteiger partial charge in [-0.1, -0.05) is 26.7 Å². The van der Waals surface area contributed by atoms with E-state index in [1.807, 2.05) is 6.92 Å². The summed E-state index contributed by atoms with van der Waals surface area (Å²) < 4.78 is 5.68. The van der Waals surface area contributed by atoms with E-state index in [-0.39, 0.29) is 18.1 Å². The van der Waals surface area contributed by atoms with Crippen LogP contribution in [0.2, 0.25) is 0 Å². The lowest BCUT2D eigenvalue weighted by atomic mass is 9.78. The maximum atomic E-state index is 12.0. The summed E-state index contributed by atoms with van der Waals surface area (Å²) in [5.41, 5.74) is 0.200. The second-order valence-corrected chi connectivity index (χ2v) is 7.42.